The van der Waals surface area contributed by atoms with Crippen molar-refractivity contribution in [2.75, 3.05) is 5.75 Å². The van der Waals surface area contributed by atoms with Gasteiger partial charge >= 0.3 is 0 Å². The van der Waals surface area contributed by atoms with Crippen molar-refractivity contribution in [1.29, 1.82) is 5.26 Å². The van der Waals surface area contributed by atoms with E-state index in [0.29, 0.717) is 17.1 Å². The molecule has 0 amide bonds. The van der Waals surface area contributed by atoms with Crippen LogP contribution >= 0.6 is 11.8 Å². The molecule has 0 aliphatic rings. The third-order valence-corrected chi connectivity index (χ3v) is 3.25. The molecule has 18 heavy (non-hydrogen) atoms. The minimum atomic E-state index is 0.573. The largest absolute Gasteiger partial charge is 0.453 e. The highest BCUT2D eigenvalue weighted by molar-refractivity contribution is 7.99. The Morgan fingerprint density at radius 3 is 2.94 bits per heavy atom. The van der Waals surface area contributed by atoms with Crippen LogP contribution in [0.4, 0.5) is 0 Å². The van der Waals surface area contributed by atoms with Crippen LogP contribution in [0.2, 0.25) is 0 Å². The second-order valence-corrected chi connectivity index (χ2v) is 4.93. The molecule has 0 spiro atoms. The van der Waals surface area contributed by atoms with E-state index in [1.54, 1.807) is 34.9 Å². The molecular weight excluding hydrogens is 246 g/mol. The number of rotatable bonds is 4. The summed E-state index contributed by atoms with van der Waals surface area (Å²) >= 11 is 1.63. The molecule has 0 bridgehead atoms. The average molecular weight is 259 g/mol. The van der Waals surface area contributed by atoms with Crippen LogP contribution in [0.5, 0.6) is 11.5 Å². The third kappa shape index (κ3) is 2.66. The van der Waals surface area contributed by atoms with E-state index in [4.69, 9.17) is 4.74 Å². The molecule has 1 aromatic carbocycles. The average Bonchev–Trinajstić information content (AvgIpc) is 2.76. The molecule has 5 heteroatoms. The summed E-state index contributed by atoms with van der Waals surface area (Å²) in [6, 6.07) is 7.83. The van der Waals surface area contributed by atoms with Gasteiger partial charge in [0.1, 0.15) is 17.4 Å². The lowest BCUT2D eigenvalue weighted by atomic mass is 10.2. The van der Waals surface area contributed by atoms with E-state index in [0.717, 1.165) is 10.6 Å². The quantitative estimate of drug-likeness (QED) is 0.791. The molecule has 0 aliphatic heterocycles. The Bertz CT molecular complexity index is 586. The van der Waals surface area contributed by atoms with Crippen LogP contribution in [0.3, 0.4) is 0 Å². The monoisotopic (exact) mass is 259 g/mol. The highest BCUT2D eigenvalue weighted by atomic mass is 32.2. The van der Waals surface area contributed by atoms with E-state index >= 15 is 0 Å². The summed E-state index contributed by atoms with van der Waals surface area (Å²) in [6.45, 7) is 2.06. The number of thioether (sulfide) groups is 1. The number of ether oxygens (including phenoxy) is 1. The standard InChI is InChI=1S/C13H13N3OS/c1-3-18-13-6-4-5-12(11(13)7-14)17-10-8-15-16(2)9-10/h4-6,8-9H,3H2,1-2H3. The second kappa shape index (κ2) is 5.61. The Balaban J connectivity index is 2.33. The maximum Gasteiger partial charge on any atom is 0.165 e. The Kier molecular flexibility index (Phi) is 3.90. The van der Waals surface area contributed by atoms with Crippen LogP contribution < -0.4 is 4.74 Å². The number of aryl methyl sites for hydroxylation is 1. The summed E-state index contributed by atoms with van der Waals surface area (Å²) in [7, 11) is 1.82. The fraction of sp³-hybridized carbons (Fsp3) is 0.231. The van der Waals surface area contributed by atoms with Crippen LogP contribution in [-0.4, -0.2) is 15.5 Å². The Labute approximate surface area is 110 Å². The van der Waals surface area contributed by atoms with Gasteiger partial charge in [-0.1, -0.05) is 13.0 Å². The summed E-state index contributed by atoms with van der Waals surface area (Å²) in [5.74, 6) is 2.13. The van der Waals surface area contributed by atoms with E-state index in [9.17, 15) is 5.26 Å². The van der Waals surface area contributed by atoms with Crippen LogP contribution in [-0.2, 0) is 7.05 Å². The number of hydrogen-bond acceptors (Lipinski definition) is 4. The van der Waals surface area contributed by atoms with Gasteiger partial charge in [-0.25, -0.2) is 0 Å². The highest BCUT2D eigenvalue weighted by Crippen LogP contribution is 2.32. The predicted molar refractivity (Wildman–Crippen MR) is 70.8 cm³/mol. The van der Waals surface area contributed by atoms with E-state index in [1.807, 2.05) is 19.2 Å². The summed E-state index contributed by atoms with van der Waals surface area (Å²) in [4.78, 5) is 0.946. The molecule has 4 nitrogen and oxygen atoms in total. The number of aromatic nitrogens is 2. The molecule has 2 rings (SSSR count). The molecule has 1 aromatic heterocycles. The van der Waals surface area contributed by atoms with E-state index in [2.05, 4.69) is 18.1 Å². The van der Waals surface area contributed by atoms with Crippen molar-refractivity contribution in [3.8, 4) is 17.6 Å². The molecule has 0 saturated carbocycles. The Morgan fingerprint density at radius 1 is 1.50 bits per heavy atom. The van der Waals surface area contributed by atoms with Gasteiger partial charge < -0.3 is 4.74 Å². The zero-order chi connectivity index (χ0) is 13.0. The highest BCUT2D eigenvalue weighted by Gasteiger charge is 2.10. The molecule has 0 atom stereocenters. The van der Waals surface area contributed by atoms with E-state index < -0.39 is 0 Å². The van der Waals surface area contributed by atoms with Crippen molar-refractivity contribution in [2.45, 2.75) is 11.8 Å². The molecule has 0 aliphatic carbocycles. The molecule has 0 radical (unpaired) electrons. The fourth-order valence-corrected chi connectivity index (χ4v) is 2.34. The summed E-state index contributed by atoms with van der Waals surface area (Å²) in [5.41, 5.74) is 0.577. The molecule has 0 fully saturated rings. The van der Waals surface area contributed by atoms with Crippen molar-refractivity contribution >= 4 is 11.8 Å². The molecule has 92 valence electrons. The number of benzene rings is 1. The van der Waals surface area contributed by atoms with Gasteiger partial charge in [-0.3, -0.25) is 4.68 Å². The van der Waals surface area contributed by atoms with Gasteiger partial charge in [-0.2, -0.15) is 10.4 Å². The van der Waals surface area contributed by atoms with Gasteiger partial charge in [0.15, 0.2) is 5.75 Å². The van der Waals surface area contributed by atoms with Crippen LogP contribution in [0.15, 0.2) is 35.5 Å². The molecule has 0 N–H and O–H groups in total. The molecular formula is C13H13N3OS. The zero-order valence-corrected chi connectivity index (χ0v) is 11.1. The van der Waals surface area contributed by atoms with E-state index in [-0.39, 0.29) is 0 Å². The van der Waals surface area contributed by atoms with Crippen molar-refractivity contribution in [3.05, 3.63) is 36.2 Å². The topological polar surface area (TPSA) is 50.8 Å². The Morgan fingerprint density at radius 2 is 2.33 bits per heavy atom. The van der Waals surface area contributed by atoms with Crippen molar-refractivity contribution in [1.82, 2.24) is 9.78 Å². The lowest BCUT2D eigenvalue weighted by molar-refractivity contribution is 0.479. The minimum absolute atomic E-state index is 0.573. The number of nitrogens with zero attached hydrogens (tertiary/aromatic N) is 3. The third-order valence-electron chi connectivity index (χ3n) is 2.31. The second-order valence-electron chi connectivity index (χ2n) is 3.63. The summed E-state index contributed by atoms with van der Waals surface area (Å²) in [5, 5.41) is 13.3. The smallest absolute Gasteiger partial charge is 0.165 e. The first-order valence-electron chi connectivity index (χ1n) is 5.57. The SMILES string of the molecule is CCSc1cccc(Oc2cnn(C)c2)c1C#N. The van der Waals surface area contributed by atoms with Crippen LogP contribution in [0, 0.1) is 11.3 Å². The van der Waals surface area contributed by atoms with Gasteiger partial charge in [0.05, 0.1) is 12.4 Å². The van der Waals surface area contributed by atoms with Crippen molar-refractivity contribution in [2.24, 2.45) is 7.05 Å². The number of hydrogen-bond donors (Lipinski definition) is 0. The lowest BCUT2D eigenvalue weighted by Gasteiger charge is -2.08. The normalized spacial score (nSPS) is 10.1. The summed E-state index contributed by atoms with van der Waals surface area (Å²) < 4.78 is 7.35. The molecule has 1 heterocycles. The van der Waals surface area contributed by atoms with Crippen molar-refractivity contribution < 1.29 is 4.74 Å². The van der Waals surface area contributed by atoms with Gasteiger partial charge in [-0.05, 0) is 17.9 Å². The minimum Gasteiger partial charge on any atom is -0.453 e. The van der Waals surface area contributed by atoms with Gasteiger partial charge in [-0.15, -0.1) is 11.8 Å². The van der Waals surface area contributed by atoms with E-state index in [1.165, 1.54) is 0 Å². The molecule has 2 aromatic rings. The van der Waals surface area contributed by atoms with Gasteiger partial charge in [0.2, 0.25) is 0 Å². The van der Waals surface area contributed by atoms with Crippen LogP contribution in [0.1, 0.15) is 12.5 Å². The van der Waals surface area contributed by atoms with Gasteiger partial charge in [0.25, 0.3) is 0 Å². The predicted octanol–water partition coefficient (Wildman–Crippen LogP) is 3.20. The van der Waals surface area contributed by atoms with Gasteiger partial charge in [0, 0.05) is 11.9 Å². The Hall–Kier alpha value is -1.93. The first-order valence-corrected chi connectivity index (χ1v) is 6.55. The lowest BCUT2D eigenvalue weighted by Crippen LogP contribution is -1.90. The van der Waals surface area contributed by atoms with Crippen LogP contribution in [0.25, 0.3) is 0 Å². The first kappa shape index (κ1) is 12.5. The molecule has 0 unspecified atom stereocenters. The zero-order valence-electron chi connectivity index (χ0n) is 10.3. The maximum absolute atomic E-state index is 9.24. The summed E-state index contributed by atoms with van der Waals surface area (Å²) in [6.07, 6.45) is 3.39. The fourth-order valence-electron chi connectivity index (χ4n) is 1.56. The first-order chi connectivity index (χ1) is 8.74. The molecule has 0 saturated heterocycles. The maximum atomic E-state index is 9.24. The number of nitriles is 1. The van der Waals surface area contributed by atoms with Crippen molar-refractivity contribution in [3.63, 3.8) is 0 Å².